The van der Waals surface area contributed by atoms with Crippen LogP contribution in [0.15, 0.2) is 12.3 Å². The molecule has 1 saturated heterocycles. The maximum absolute atomic E-state index is 6.06. The van der Waals surface area contributed by atoms with Crippen LogP contribution in [0.3, 0.4) is 0 Å². The van der Waals surface area contributed by atoms with Crippen molar-refractivity contribution in [2.45, 2.75) is 46.1 Å². The Morgan fingerprint density at radius 1 is 1.32 bits per heavy atom. The second-order valence-corrected chi connectivity index (χ2v) is 5.94. The van der Waals surface area contributed by atoms with Gasteiger partial charge in [0, 0.05) is 25.8 Å². The summed E-state index contributed by atoms with van der Waals surface area (Å²) >= 11 is 6.06. The van der Waals surface area contributed by atoms with Crippen molar-refractivity contribution >= 4 is 17.4 Å². The molecule has 2 heterocycles. The number of nitrogens with two attached hydrogens (primary N) is 1. The Balaban J connectivity index is 2.09. The quantitative estimate of drug-likeness (QED) is 0.917. The van der Waals surface area contributed by atoms with Crippen molar-refractivity contribution in [3.05, 3.63) is 22.8 Å². The Hall–Kier alpha value is -0.800. The molecule has 4 heteroatoms. The van der Waals surface area contributed by atoms with Gasteiger partial charge in [-0.15, -0.1) is 0 Å². The molecule has 19 heavy (non-hydrogen) atoms. The number of aromatic nitrogens is 1. The normalized spacial score (nSPS) is 18.6. The summed E-state index contributed by atoms with van der Waals surface area (Å²) in [7, 11) is 0. The summed E-state index contributed by atoms with van der Waals surface area (Å²) in [5.41, 5.74) is 7.23. The van der Waals surface area contributed by atoms with Crippen LogP contribution in [0.2, 0.25) is 5.02 Å². The summed E-state index contributed by atoms with van der Waals surface area (Å²) in [5, 5.41) is 0.666. The zero-order valence-corrected chi connectivity index (χ0v) is 12.7. The molecule has 3 nitrogen and oxygen atoms in total. The van der Waals surface area contributed by atoms with Crippen LogP contribution in [0.25, 0.3) is 0 Å². The molecule has 0 amide bonds. The van der Waals surface area contributed by atoms with Gasteiger partial charge in [-0.1, -0.05) is 38.3 Å². The monoisotopic (exact) mass is 281 g/mol. The molecule has 1 aromatic rings. The highest BCUT2D eigenvalue weighted by molar-refractivity contribution is 6.31. The lowest BCUT2D eigenvalue weighted by Crippen LogP contribution is -2.40. The maximum Gasteiger partial charge on any atom is 0.128 e. The van der Waals surface area contributed by atoms with E-state index in [0.717, 1.165) is 24.5 Å². The van der Waals surface area contributed by atoms with E-state index in [2.05, 4.69) is 23.7 Å². The zero-order valence-electron chi connectivity index (χ0n) is 12.0. The van der Waals surface area contributed by atoms with Crippen molar-refractivity contribution < 1.29 is 0 Å². The van der Waals surface area contributed by atoms with E-state index in [4.69, 9.17) is 17.3 Å². The van der Waals surface area contributed by atoms with Crippen molar-refractivity contribution in [1.29, 1.82) is 0 Å². The fourth-order valence-corrected chi connectivity index (χ4v) is 3.14. The van der Waals surface area contributed by atoms with Gasteiger partial charge in [-0.05, 0) is 29.9 Å². The third kappa shape index (κ3) is 3.03. The predicted molar refractivity (Wildman–Crippen MR) is 81.6 cm³/mol. The lowest BCUT2D eigenvalue weighted by molar-refractivity contribution is 0.199. The average molecular weight is 282 g/mol. The first-order valence-electron chi connectivity index (χ1n) is 7.23. The summed E-state index contributed by atoms with van der Waals surface area (Å²) in [6.45, 7) is 7.26. The van der Waals surface area contributed by atoms with E-state index in [0.29, 0.717) is 17.0 Å². The van der Waals surface area contributed by atoms with Gasteiger partial charge >= 0.3 is 0 Å². The molecular weight excluding hydrogens is 258 g/mol. The van der Waals surface area contributed by atoms with Crippen molar-refractivity contribution in [2.24, 2.45) is 11.1 Å². The molecule has 1 aromatic heterocycles. The molecule has 1 aliphatic heterocycles. The Labute approximate surface area is 121 Å². The second kappa shape index (κ2) is 6.10. The van der Waals surface area contributed by atoms with E-state index in [-0.39, 0.29) is 0 Å². The molecule has 0 unspecified atom stereocenters. The molecule has 0 spiro atoms. The highest BCUT2D eigenvalue weighted by atomic mass is 35.5. The highest BCUT2D eigenvalue weighted by Gasteiger charge is 2.31. The average Bonchev–Trinajstić information content (AvgIpc) is 2.48. The van der Waals surface area contributed by atoms with Crippen LogP contribution >= 0.6 is 11.6 Å². The van der Waals surface area contributed by atoms with E-state index in [1.165, 1.54) is 25.7 Å². The lowest BCUT2D eigenvalue weighted by atomic mass is 9.74. The third-order valence-corrected chi connectivity index (χ3v) is 5.13. The number of anilines is 1. The van der Waals surface area contributed by atoms with Crippen LogP contribution in [-0.4, -0.2) is 18.1 Å². The molecule has 0 aromatic carbocycles. The van der Waals surface area contributed by atoms with Crippen LogP contribution < -0.4 is 10.6 Å². The smallest absolute Gasteiger partial charge is 0.128 e. The van der Waals surface area contributed by atoms with E-state index >= 15 is 0 Å². The molecule has 0 bridgehead atoms. The summed E-state index contributed by atoms with van der Waals surface area (Å²) in [5.74, 6) is 1.02. The number of rotatable bonds is 4. The highest BCUT2D eigenvalue weighted by Crippen LogP contribution is 2.39. The molecule has 1 fully saturated rings. The number of piperidine rings is 1. The van der Waals surface area contributed by atoms with Crippen molar-refractivity contribution in [1.82, 2.24) is 4.98 Å². The molecule has 0 aliphatic carbocycles. The summed E-state index contributed by atoms with van der Waals surface area (Å²) < 4.78 is 0. The van der Waals surface area contributed by atoms with Gasteiger partial charge in [0.2, 0.25) is 0 Å². The van der Waals surface area contributed by atoms with Crippen LogP contribution in [0.4, 0.5) is 5.82 Å². The number of pyridine rings is 1. The maximum atomic E-state index is 6.06. The van der Waals surface area contributed by atoms with Crippen LogP contribution in [0.1, 0.15) is 45.1 Å². The zero-order chi connectivity index (χ0) is 13.9. The molecule has 1 aliphatic rings. The number of hydrogen-bond donors (Lipinski definition) is 1. The standard InChI is InChI=1S/C15H24ClN3/c1-3-15(4-2)5-7-19(8-6-15)14-9-12(10-17)13(16)11-18-14/h9,11H,3-8,10,17H2,1-2H3. The van der Waals surface area contributed by atoms with Gasteiger partial charge in [0.15, 0.2) is 0 Å². The van der Waals surface area contributed by atoms with Crippen molar-refractivity contribution in [2.75, 3.05) is 18.0 Å². The molecular formula is C15H24ClN3. The minimum Gasteiger partial charge on any atom is -0.357 e. The van der Waals surface area contributed by atoms with E-state index < -0.39 is 0 Å². The fourth-order valence-electron chi connectivity index (χ4n) is 2.96. The summed E-state index contributed by atoms with van der Waals surface area (Å²) in [4.78, 5) is 6.81. The number of hydrogen-bond acceptors (Lipinski definition) is 3. The van der Waals surface area contributed by atoms with Crippen LogP contribution in [0.5, 0.6) is 0 Å². The van der Waals surface area contributed by atoms with Crippen LogP contribution in [-0.2, 0) is 6.54 Å². The van der Waals surface area contributed by atoms with Gasteiger partial charge < -0.3 is 10.6 Å². The minimum absolute atomic E-state index is 0.468. The molecule has 2 rings (SSSR count). The second-order valence-electron chi connectivity index (χ2n) is 5.53. The molecule has 0 saturated carbocycles. The first-order chi connectivity index (χ1) is 9.14. The molecule has 0 radical (unpaired) electrons. The van der Waals surface area contributed by atoms with Crippen LogP contribution in [0, 0.1) is 5.41 Å². The summed E-state index contributed by atoms with van der Waals surface area (Å²) in [6.07, 6.45) is 6.78. The predicted octanol–water partition coefficient (Wildman–Crippen LogP) is 3.60. The Kier molecular flexibility index (Phi) is 4.69. The molecule has 2 N–H and O–H groups in total. The Morgan fingerprint density at radius 3 is 2.47 bits per heavy atom. The minimum atomic E-state index is 0.468. The summed E-state index contributed by atoms with van der Waals surface area (Å²) in [6, 6.07) is 2.03. The largest absolute Gasteiger partial charge is 0.357 e. The van der Waals surface area contributed by atoms with Crippen molar-refractivity contribution in [3.63, 3.8) is 0 Å². The third-order valence-electron chi connectivity index (χ3n) is 4.79. The lowest BCUT2D eigenvalue weighted by Gasteiger charge is -2.41. The molecule has 0 atom stereocenters. The van der Waals surface area contributed by atoms with Gasteiger partial charge in [-0.3, -0.25) is 0 Å². The fraction of sp³-hybridized carbons (Fsp3) is 0.667. The van der Waals surface area contributed by atoms with E-state index in [9.17, 15) is 0 Å². The Morgan fingerprint density at radius 2 is 1.95 bits per heavy atom. The van der Waals surface area contributed by atoms with Crippen molar-refractivity contribution in [3.8, 4) is 0 Å². The van der Waals surface area contributed by atoms with Gasteiger partial charge in [-0.25, -0.2) is 4.98 Å². The van der Waals surface area contributed by atoms with Gasteiger partial charge in [-0.2, -0.15) is 0 Å². The first kappa shape index (κ1) is 14.6. The number of nitrogens with zero attached hydrogens (tertiary/aromatic N) is 2. The Bertz CT molecular complexity index is 419. The van der Waals surface area contributed by atoms with E-state index in [1.807, 2.05) is 6.07 Å². The van der Waals surface area contributed by atoms with E-state index in [1.54, 1.807) is 6.20 Å². The topological polar surface area (TPSA) is 42.1 Å². The number of halogens is 1. The van der Waals surface area contributed by atoms with Gasteiger partial charge in [0.1, 0.15) is 5.82 Å². The van der Waals surface area contributed by atoms with Gasteiger partial charge in [0.25, 0.3) is 0 Å². The first-order valence-corrected chi connectivity index (χ1v) is 7.61. The molecule has 106 valence electrons. The van der Waals surface area contributed by atoms with Gasteiger partial charge in [0.05, 0.1) is 5.02 Å². The SMILES string of the molecule is CCC1(CC)CCN(c2cc(CN)c(Cl)cn2)CC1.